The number of aromatic nitrogens is 2. The van der Waals surface area contributed by atoms with Gasteiger partial charge in [0.25, 0.3) is 5.91 Å². The molecule has 146 valence electrons. The van der Waals surface area contributed by atoms with E-state index in [1.807, 2.05) is 5.43 Å². The first-order valence-corrected chi connectivity index (χ1v) is 8.65. The van der Waals surface area contributed by atoms with Crippen LogP contribution in [0.4, 0.5) is 13.2 Å². The zero-order chi connectivity index (χ0) is 20.5. The number of carbonyl (C=O) groups is 1. The van der Waals surface area contributed by atoms with Crippen molar-refractivity contribution in [3.8, 4) is 0 Å². The van der Waals surface area contributed by atoms with Gasteiger partial charge < -0.3 is 0 Å². The van der Waals surface area contributed by atoms with Crippen molar-refractivity contribution >= 4 is 46.1 Å². The number of hydrazine groups is 1. The molecule has 1 aromatic heterocycles. The molecule has 3 rings (SSSR count). The van der Waals surface area contributed by atoms with Gasteiger partial charge in [0.15, 0.2) is 0 Å². The number of nitrogens with two attached hydrogens (primary N) is 1. The van der Waals surface area contributed by atoms with E-state index in [2.05, 4.69) is 5.10 Å². The summed E-state index contributed by atoms with van der Waals surface area (Å²) >= 11 is 12.1. The minimum atomic E-state index is -4.51. The number of hydrogen-bond donors (Lipinski definition) is 2. The first-order valence-electron chi connectivity index (χ1n) is 7.89. The topological polar surface area (TPSA) is 72.9 Å². The van der Waals surface area contributed by atoms with Crippen LogP contribution >= 0.6 is 23.2 Å². The van der Waals surface area contributed by atoms with Crippen LogP contribution in [0.5, 0.6) is 0 Å². The van der Waals surface area contributed by atoms with Crippen molar-refractivity contribution in [1.82, 2.24) is 15.2 Å². The Morgan fingerprint density at radius 3 is 2.61 bits per heavy atom. The van der Waals surface area contributed by atoms with Gasteiger partial charge in [-0.2, -0.15) is 18.3 Å². The highest BCUT2D eigenvalue weighted by Gasteiger charge is 2.31. The van der Waals surface area contributed by atoms with Gasteiger partial charge in [-0.3, -0.25) is 14.9 Å². The minimum absolute atomic E-state index is 0.190. The molecule has 28 heavy (non-hydrogen) atoms. The van der Waals surface area contributed by atoms with Gasteiger partial charge in [-0.05, 0) is 42.0 Å². The Hall–Kier alpha value is -2.55. The Kier molecular flexibility index (Phi) is 5.64. The van der Waals surface area contributed by atoms with E-state index < -0.39 is 17.6 Å². The molecule has 0 aliphatic carbocycles. The quantitative estimate of drug-likeness (QED) is 0.279. The molecule has 0 aliphatic rings. The average molecular weight is 429 g/mol. The van der Waals surface area contributed by atoms with Gasteiger partial charge in [0.05, 0.1) is 23.3 Å². The van der Waals surface area contributed by atoms with Crippen molar-refractivity contribution < 1.29 is 18.0 Å². The van der Waals surface area contributed by atoms with E-state index in [4.69, 9.17) is 29.0 Å². The fourth-order valence-corrected chi connectivity index (χ4v) is 3.11. The van der Waals surface area contributed by atoms with Gasteiger partial charge in [0.2, 0.25) is 0 Å². The molecule has 0 radical (unpaired) electrons. The summed E-state index contributed by atoms with van der Waals surface area (Å²) in [6, 6.07) is 8.22. The van der Waals surface area contributed by atoms with Crippen LogP contribution in [0.2, 0.25) is 10.0 Å². The van der Waals surface area contributed by atoms with Gasteiger partial charge in [-0.1, -0.05) is 29.3 Å². The highest BCUT2D eigenvalue weighted by Crippen LogP contribution is 2.33. The maximum absolute atomic E-state index is 13.1. The highest BCUT2D eigenvalue weighted by molar-refractivity contribution is 6.35. The zero-order valence-electron chi connectivity index (χ0n) is 14.1. The zero-order valence-corrected chi connectivity index (χ0v) is 15.6. The van der Waals surface area contributed by atoms with Crippen LogP contribution in [-0.2, 0) is 17.5 Å². The SMILES string of the molecule is NNC(=O)C=Cc1nn(Cc2ccc(Cl)cc2Cl)c2ccc(C(F)(F)F)cc12. The van der Waals surface area contributed by atoms with Crippen LogP contribution in [0.1, 0.15) is 16.8 Å². The molecule has 10 heteroatoms. The summed E-state index contributed by atoms with van der Waals surface area (Å²) in [5, 5.41) is 5.43. The molecular weight excluding hydrogens is 416 g/mol. The largest absolute Gasteiger partial charge is 0.416 e. The predicted molar refractivity (Wildman–Crippen MR) is 102 cm³/mol. The summed E-state index contributed by atoms with van der Waals surface area (Å²) in [4.78, 5) is 11.4. The third-order valence-electron chi connectivity index (χ3n) is 3.98. The fourth-order valence-electron chi connectivity index (χ4n) is 2.64. The molecule has 0 fully saturated rings. The number of alkyl halides is 3. The van der Waals surface area contributed by atoms with Crippen LogP contribution in [0.25, 0.3) is 17.0 Å². The smallest absolute Gasteiger partial charge is 0.291 e. The second-order valence-electron chi connectivity index (χ2n) is 5.85. The number of fused-ring (bicyclic) bond motifs is 1. The van der Waals surface area contributed by atoms with Crippen LogP contribution in [0, 0.1) is 0 Å². The molecule has 1 heterocycles. The van der Waals surface area contributed by atoms with Gasteiger partial charge in [0.1, 0.15) is 0 Å². The van der Waals surface area contributed by atoms with Crippen molar-refractivity contribution in [2.24, 2.45) is 5.84 Å². The molecule has 0 atom stereocenters. The monoisotopic (exact) mass is 428 g/mol. The van der Waals surface area contributed by atoms with Crippen LogP contribution in [0.15, 0.2) is 42.5 Å². The molecule has 3 N–H and O–H groups in total. The normalized spacial score (nSPS) is 12.1. The maximum Gasteiger partial charge on any atom is 0.416 e. The maximum atomic E-state index is 13.1. The highest BCUT2D eigenvalue weighted by atomic mass is 35.5. The standard InChI is InChI=1S/C18H13Cl2F3N4O/c19-12-3-1-10(14(20)8-12)9-27-16-5-2-11(18(21,22)23)7-13(16)15(26-27)4-6-17(28)25-24/h1-8H,9,24H2,(H,25,28). The van der Waals surface area contributed by atoms with Gasteiger partial charge in [-0.15, -0.1) is 0 Å². The number of amides is 1. The minimum Gasteiger partial charge on any atom is -0.291 e. The summed E-state index contributed by atoms with van der Waals surface area (Å²) in [5.74, 6) is 4.40. The summed E-state index contributed by atoms with van der Waals surface area (Å²) in [5.41, 5.74) is 2.42. The molecule has 3 aromatic rings. The molecule has 0 unspecified atom stereocenters. The van der Waals surface area contributed by atoms with Gasteiger partial charge >= 0.3 is 6.18 Å². The first-order chi connectivity index (χ1) is 13.2. The molecule has 0 spiro atoms. The van der Waals surface area contributed by atoms with Crippen molar-refractivity contribution in [3.05, 3.63) is 69.3 Å². The van der Waals surface area contributed by atoms with Crippen molar-refractivity contribution in [2.45, 2.75) is 12.7 Å². The average Bonchev–Trinajstić information content (AvgIpc) is 2.98. The molecule has 0 saturated heterocycles. The van der Waals surface area contributed by atoms with Crippen molar-refractivity contribution in [2.75, 3.05) is 0 Å². The molecule has 0 aliphatic heterocycles. The number of nitrogens with zero attached hydrogens (tertiary/aromatic N) is 2. The van der Waals surface area contributed by atoms with Gasteiger partial charge in [0, 0.05) is 21.5 Å². The first kappa shape index (κ1) is 20.2. The number of rotatable bonds is 4. The summed E-state index contributed by atoms with van der Waals surface area (Å²) in [6.45, 7) is 0.203. The molecule has 0 bridgehead atoms. The van der Waals surface area contributed by atoms with E-state index >= 15 is 0 Å². The van der Waals surface area contributed by atoms with E-state index in [1.54, 1.807) is 18.2 Å². The molecule has 5 nitrogen and oxygen atoms in total. The van der Waals surface area contributed by atoms with Crippen molar-refractivity contribution in [3.63, 3.8) is 0 Å². The molecular formula is C18H13Cl2F3N4O. The van der Waals surface area contributed by atoms with Crippen LogP contribution in [-0.4, -0.2) is 15.7 Å². The Labute approximate surface area is 167 Å². The Morgan fingerprint density at radius 2 is 1.96 bits per heavy atom. The Bertz CT molecular complexity index is 1080. The number of carbonyl (C=O) groups excluding carboxylic acids is 1. The summed E-state index contributed by atoms with van der Waals surface area (Å²) < 4.78 is 40.8. The lowest BCUT2D eigenvalue weighted by Crippen LogP contribution is -2.27. The fraction of sp³-hybridized carbons (Fsp3) is 0.111. The van der Waals surface area contributed by atoms with Crippen LogP contribution in [0.3, 0.4) is 0 Å². The lowest BCUT2D eigenvalue weighted by Gasteiger charge is -2.08. The van der Waals surface area contributed by atoms with Crippen LogP contribution < -0.4 is 11.3 Å². The van der Waals surface area contributed by atoms with Gasteiger partial charge in [-0.25, -0.2) is 5.84 Å². The number of benzene rings is 2. The molecule has 1 amide bonds. The summed E-state index contributed by atoms with van der Waals surface area (Å²) in [6.07, 6.45) is -2.13. The number of hydrogen-bond acceptors (Lipinski definition) is 3. The second kappa shape index (κ2) is 7.83. The molecule has 0 saturated carbocycles. The third kappa shape index (κ3) is 4.30. The van der Waals surface area contributed by atoms with E-state index in [-0.39, 0.29) is 17.6 Å². The summed E-state index contributed by atoms with van der Waals surface area (Å²) in [7, 11) is 0. The van der Waals surface area contributed by atoms with Crippen molar-refractivity contribution in [1.29, 1.82) is 0 Å². The second-order valence-corrected chi connectivity index (χ2v) is 6.69. The van der Waals surface area contributed by atoms with E-state index in [1.165, 1.54) is 16.8 Å². The Morgan fingerprint density at radius 1 is 1.21 bits per heavy atom. The lowest BCUT2D eigenvalue weighted by atomic mass is 10.1. The number of nitrogens with one attached hydrogen (secondary N) is 1. The third-order valence-corrected chi connectivity index (χ3v) is 4.56. The lowest BCUT2D eigenvalue weighted by molar-refractivity contribution is -0.137. The van der Waals surface area contributed by atoms with E-state index in [9.17, 15) is 18.0 Å². The Balaban J connectivity index is 2.12. The number of halogens is 5. The molecule has 2 aromatic carbocycles. The predicted octanol–water partition coefficient (Wildman–Crippen LogP) is 4.41. The van der Waals surface area contributed by atoms with E-state index in [0.29, 0.717) is 21.1 Å². The van der Waals surface area contributed by atoms with E-state index in [0.717, 1.165) is 18.2 Å².